The van der Waals surface area contributed by atoms with E-state index in [2.05, 4.69) is 9.97 Å². The van der Waals surface area contributed by atoms with Crippen LogP contribution in [0.15, 0.2) is 24.0 Å². The molecule has 24 heavy (non-hydrogen) atoms. The summed E-state index contributed by atoms with van der Waals surface area (Å²) in [6, 6.07) is 5.97. The summed E-state index contributed by atoms with van der Waals surface area (Å²) in [4.78, 5) is 9.60. The van der Waals surface area contributed by atoms with Crippen molar-refractivity contribution in [3.63, 3.8) is 0 Å². The van der Waals surface area contributed by atoms with Gasteiger partial charge in [-0.05, 0) is 44.9 Å². The number of aliphatic hydroxyl groups is 1. The topological polar surface area (TPSA) is 85.2 Å². The van der Waals surface area contributed by atoms with Gasteiger partial charge in [0.2, 0.25) is 0 Å². The fourth-order valence-electron chi connectivity index (χ4n) is 2.89. The lowest BCUT2D eigenvalue weighted by molar-refractivity contribution is 0.0742. The van der Waals surface area contributed by atoms with Crippen molar-refractivity contribution in [3.05, 3.63) is 35.3 Å². The maximum Gasteiger partial charge on any atom is 0.145 e. The number of fused-ring (bicyclic) bond motifs is 1. The van der Waals surface area contributed by atoms with Crippen molar-refractivity contribution in [2.24, 2.45) is 0 Å². The van der Waals surface area contributed by atoms with Crippen molar-refractivity contribution in [3.8, 4) is 0 Å². The van der Waals surface area contributed by atoms with Crippen LogP contribution in [0.3, 0.4) is 0 Å². The molecule has 0 amide bonds. The Balaban J connectivity index is 1.73. The Bertz CT molecular complexity index is 791. The number of rotatable bonds is 6. The predicted octanol–water partition coefficient (Wildman–Crippen LogP) is 3.25. The Labute approximate surface area is 141 Å². The number of amidine groups is 1. The van der Waals surface area contributed by atoms with Crippen molar-refractivity contribution in [2.75, 3.05) is 19.7 Å². The number of hydrogen-bond donors (Lipinski definition) is 3. The highest BCUT2D eigenvalue weighted by molar-refractivity contribution is 6.23. The lowest BCUT2D eigenvalue weighted by Gasteiger charge is -2.18. The molecule has 6 nitrogen and oxygen atoms in total. The van der Waals surface area contributed by atoms with Crippen LogP contribution in [0.5, 0.6) is 0 Å². The van der Waals surface area contributed by atoms with Gasteiger partial charge in [0, 0.05) is 13.2 Å². The van der Waals surface area contributed by atoms with Gasteiger partial charge in [-0.1, -0.05) is 6.07 Å². The number of aromatic nitrogens is 2. The molecule has 0 bridgehead atoms. The van der Waals surface area contributed by atoms with Gasteiger partial charge in [0.25, 0.3) is 0 Å². The van der Waals surface area contributed by atoms with Crippen LogP contribution in [-0.4, -0.2) is 51.6 Å². The third-order valence-electron chi connectivity index (χ3n) is 4.08. The van der Waals surface area contributed by atoms with Crippen molar-refractivity contribution >= 4 is 22.4 Å². The molecular formula is C18H24N4O2. The van der Waals surface area contributed by atoms with E-state index in [4.69, 9.17) is 10.1 Å². The number of hydrogen-bond acceptors (Lipinski definition) is 4. The van der Waals surface area contributed by atoms with Crippen molar-refractivity contribution in [1.29, 1.82) is 5.41 Å². The van der Waals surface area contributed by atoms with E-state index in [0.29, 0.717) is 36.9 Å². The van der Waals surface area contributed by atoms with Crippen LogP contribution < -0.4 is 0 Å². The summed E-state index contributed by atoms with van der Waals surface area (Å²) in [5, 5.41) is 18.7. The Morgan fingerprint density at radius 2 is 2.21 bits per heavy atom. The average Bonchev–Trinajstić information content (AvgIpc) is 3.03. The van der Waals surface area contributed by atoms with Crippen LogP contribution in [0.4, 0.5) is 0 Å². The highest BCUT2D eigenvalue weighted by atomic mass is 16.5. The molecule has 3 N–H and O–H groups in total. The molecular weight excluding hydrogens is 304 g/mol. The van der Waals surface area contributed by atoms with Crippen LogP contribution >= 0.6 is 0 Å². The molecule has 1 aromatic heterocycles. The normalized spacial score (nSPS) is 15.3. The quantitative estimate of drug-likeness (QED) is 0.711. The fraction of sp³-hybridized carbons (Fsp3) is 0.444. The maximum absolute atomic E-state index is 10.3. The summed E-state index contributed by atoms with van der Waals surface area (Å²) in [7, 11) is 0. The number of aromatic amines is 1. The second kappa shape index (κ2) is 6.65. The average molecular weight is 328 g/mol. The molecule has 2 heterocycles. The van der Waals surface area contributed by atoms with E-state index in [-0.39, 0.29) is 11.9 Å². The van der Waals surface area contributed by atoms with Gasteiger partial charge in [-0.15, -0.1) is 0 Å². The van der Waals surface area contributed by atoms with E-state index in [1.54, 1.807) is 0 Å². The van der Waals surface area contributed by atoms with E-state index in [1.807, 2.05) is 43.9 Å². The molecule has 0 unspecified atom stereocenters. The lowest BCUT2D eigenvalue weighted by Crippen LogP contribution is -2.28. The van der Waals surface area contributed by atoms with E-state index in [9.17, 15) is 5.11 Å². The number of imidazole rings is 1. The smallest absolute Gasteiger partial charge is 0.145 e. The SMILES string of the molecule is Cc1ccc2nc(C3=C(O)CN(CCCOC(C)C)C3=N)[nH]c2c1. The van der Waals surface area contributed by atoms with Crippen LogP contribution in [0, 0.1) is 12.3 Å². The number of nitrogens with one attached hydrogen (secondary N) is 2. The maximum atomic E-state index is 10.3. The number of nitrogens with zero attached hydrogens (tertiary/aromatic N) is 2. The second-order valence-electron chi connectivity index (χ2n) is 6.47. The highest BCUT2D eigenvalue weighted by Crippen LogP contribution is 2.27. The molecule has 3 rings (SSSR count). The first kappa shape index (κ1) is 16.5. The highest BCUT2D eigenvalue weighted by Gasteiger charge is 2.29. The zero-order valence-corrected chi connectivity index (χ0v) is 14.4. The molecule has 0 fully saturated rings. The Kier molecular flexibility index (Phi) is 4.57. The number of ether oxygens (including phenoxy) is 1. The summed E-state index contributed by atoms with van der Waals surface area (Å²) in [5.74, 6) is 1.06. The number of aliphatic hydroxyl groups excluding tert-OH is 1. The molecule has 0 saturated carbocycles. The molecule has 2 aromatic rings. The summed E-state index contributed by atoms with van der Waals surface area (Å²) in [6.45, 7) is 7.72. The monoisotopic (exact) mass is 328 g/mol. The minimum absolute atomic E-state index is 0.195. The molecule has 1 aliphatic rings. The van der Waals surface area contributed by atoms with E-state index < -0.39 is 0 Å². The van der Waals surface area contributed by atoms with Crippen LogP contribution in [0.25, 0.3) is 16.6 Å². The van der Waals surface area contributed by atoms with Gasteiger partial charge in [-0.3, -0.25) is 5.41 Å². The first-order valence-electron chi connectivity index (χ1n) is 8.30. The number of aryl methyl sites for hydroxylation is 1. The van der Waals surface area contributed by atoms with Crippen molar-refractivity contribution in [1.82, 2.24) is 14.9 Å². The van der Waals surface area contributed by atoms with E-state index in [0.717, 1.165) is 23.0 Å². The zero-order valence-electron chi connectivity index (χ0n) is 14.4. The van der Waals surface area contributed by atoms with Crippen molar-refractivity contribution in [2.45, 2.75) is 33.3 Å². The number of benzene rings is 1. The molecule has 1 aromatic carbocycles. The van der Waals surface area contributed by atoms with E-state index in [1.165, 1.54) is 0 Å². The van der Waals surface area contributed by atoms with Gasteiger partial charge >= 0.3 is 0 Å². The first-order chi connectivity index (χ1) is 11.5. The van der Waals surface area contributed by atoms with Gasteiger partial charge in [0.05, 0.1) is 29.3 Å². The fourth-order valence-corrected chi connectivity index (χ4v) is 2.89. The van der Waals surface area contributed by atoms with Crippen molar-refractivity contribution < 1.29 is 9.84 Å². The third-order valence-corrected chi connectivity index (χ3v) is 4.08. The van der Waals surface area contributed by atoms with Gasteiger partial charge in [0.15, 0.2) is 0 Å². The van der Waals surface area contributed by atoms with Gasteiger partial charge in [-0.2, -0.15) is 0 Å². The van der Waals surface area contributed by atoms with Crippen LogP contribution in [0.1, 0.15) is 31.7 Å². The van der Waals surface area contributed by atoms with Gasteiger partial charge in [-0.25, -0.2) is 4.98 Å². The zero-order chi connectivity index (χ0) is 17.3. The molecule has 1 aliphatic heterocycles. The van der Waals surface area contributed by atoms with E-state index >= 15 is 0 Å². The molecule has 128 valence electrons. The Morgan fingerprint density at radius 1 is 1.42 bits per heavy atom. The Hall–Kier alpha value is -2.34. The minimum atomic E-state index is 0.195. The molecule has 0 saturated heterocycles. The van der Waals surface area contributed by atoms with Gasteiger partial charge < -0.3 is 19.7 Å². The summed E-state index contributed by atoms with van der Waals surface area (Å²) >= 11 is 0. The predicted molar refractivity (Wildman–Crippen MR) is 95.4 cm³/mol. The van der Waals surface area contributed by atoms with Gasteiger partial charge in [0.1, 0.15) is 17.4 Å². The molecule has 6 heteroatoms. The lowest BCUT2D eigenvalue weighted by atomic mass is 10.2. The number of H-pyrrole nitrogens is 1. The standard InChI is InChI=1S/C18H24N4O2/c1-11(2)24-8-4-7-22-10-15(23)16(17(22)19)18-20-13-6-5-12(3)9-14(13)21-18/h5-6,9,11,19,23H,4,7-8,10H2,1-3H3,(H,20,21). The summed E-state index contributed by atoms with van der Waals surface area (Å²) < 4.78 is 5.53. The van der Waals surface area contributed by atoms with Crippen LogP contribution in [0.2, 0.25) is 0 Å². The Morgan fingerprint density at radius 3 is 2.96 bits per heavy atom. The minimum Gasteiger partial charge on any atom is -0.510 e. The van der Waals surface area contributed by atoms with Crippen LogP contribution in [-0.2, 0) is 4.74 Å². The largest absolute Gasteiger partial charge is 0.510 e. The molecule has 0 spiro atoms. The first-order valence-corrected chi connectivity index (χ1v) is 8.30. The summed E-state index contributed by atoms with van der Waals surface area (Å²) in [5.41, 5.74) is 3.40. The molecule has 0 aliphatic carbocycles. The molecule has 0 atom stereocenters. The molecule has 0 radical (unpaired) electrons. The second-order valence-corrected chi connectivity index (χ2v) is 6.47. The summed E-state index contributed by atoms with van der Waals surface area (Å²) in [6.07, 6.45) is 1.03. The third kappa shape index (κ3) is 3.28.